The summed E-state index contributed by atoms with van der Waals surface area (Å²) >= 11 is 5.82. The molecule has 0 saturated heterocycles. The molecule has 2 aromatic carbocycles. The number of nitrogens with one attached hydrogen (secondary N) is 2. The van der Waals surface area contributed by atoms with Crippen molar-refractivity contribution >= 4 is 23.4 Å². The number of hydrogen-bond acceptors (Lipinski definition) is 3. The van der Waals surface area contributed by atoms with E-state index in [-0.39, 0.29) is 24.0 Å². The Morgan fingerprint density at radius 3 is 2.30 bits per heavy atom. The number of hydrogen-bond donors (Lipinski definition) is 2. The van der Waals surface area contributed by atoms with Gasteiger partial charge in [-0.3, -0.25) is 9.59 Å². The normalized spacial score (nSPS) is 11.8. The van der Waals surface area contributed by atoms with Crippen LogP contribution in [-0.4, -0.2) is 30.5 Å². The van der Waals surface area contributed by atoms with Crippen molar-refractivity contribution < 1.29 is 14.3 Å². The van der Waals surface area contributed by atoms with Gasteiger partial charge in [-0.05, 0) is 82.0 Å². The fourth-order valence-electron chi connectivity index (χ4n) is 2.96. The Morgan fingerprint density at radius 1 is 1.00 bits per heavy atom. The maximum absolute atomic E-state index is 12.1. The second kappa shape index (κ2) is 12.2. The lowest BCUT2D eigenvalue weighted by molar-refractivity contribution is -0.121. The van der Waals surface area contributed by atoms with Crippen LogP contribution >= 0.6 is 11.6 Å². The Balaban J connectivity index is 1.61. The maximum atomic E-state index is 12.1. The van der Waals surface area contributed by atoms with Gasteiger partial charge in [0, 0.05) is 29.6 Å². The monoisotopic (exact) mass is 430 g/mol. The Bertz CT molecular complexity index is 804. The molecule has 2 rings (SSSR count). The lowest BCUT2D eigenvalue weighted by Crippen LogP contribution is -2.33. The van der Waals surface area contributed by atoms with Crippen LogP contribution in [0, 0.1) is 0 Å². The second-order valence-corrected chi connectivity index (χ2v) is 8.12. The van der Waals surface area contributed by atoms with Crippen molar-refractivity contribution in [2.75, 3.05) is 6.54 Å². The van der Waals surface area contributed by atoms with Gasteiger partial charge in [0.25, 0.3) is 5.91 Å². The van der Waals surface area contributed by atoms with Crippen molar-refractivity contribution in [3.05, 3.63) is 64.7 Å². The van der Waals surface area contributed by atoms with E-state index in [2.05, 4.69) is 22.8 Å². The molecular weight excluding hydrogens is 400 g/mol. The van der Waals surface area contributed by atoms with Gasteiger partial charge in [-0.2, -0.15) is 0 Å². The molecule has 5 nitrogen and oxygen atoms in total. The van der Waals surface area contributed by atoms with E-state index in [9.17, 15) is 9.59 Å². The summed E-state index contributed by atoms with van der Waals surface area (Å²) in [6, 6.07) is 14.9. The van der Waals surface area contributed by atoms with Crippen molar-refractivity contribution in [3.63, 3.8) is 0 Å². The number of carbonyl (C=O) groups is 2. The molecule has 30 heavy (non-hydrogen) atoms. The van der Waals surface area contributed by atoms with Crippen molar-refractivity contribution in [2.24, 2.45) is 0 Å². The van der Waals surface area contributed by atoms with E-state index in [0.717, 1.165) is 18.6 Å². The molecule has 2 N–H and O–H groups in total. The number of amides is 2. The molecule has 0 aliphatic rings. The van der Waals surface area contributed by atoms with Gasteiger partial charge < -0.3 is 15.4 Å². The van der Waals surface area contributed by atoms with E-state index in [1.165, 1.54) is 5.56 Å². The van der Waals surface area contributed by atoms with E-state index >= 15 is 0 Å². The molecule has 0 fully saturated rings. The zero-order chi connectivity index (χ0) is 21.9. The van der Waals surface area contributed by atoms with E-state index < -0.39 is 0 Å². The largest absolute Gasteiger partial charge is 0.491 e. The average molecular weight is 431 g/mol. The molecule has 0 aromatic heterocycles. The van der Waals surface area contributed by atoms with Crippen LogP contribution in [0.4, 0.5) is 0 Å². The summed E-state index contributed by atoms with van der Waals surface area (Å²) in [5.74, 6) is 0.715. The van der Waals surface area contributed by atoms with Gasteiger partial charge >= 0.3 is 0 Å². The molecule has 2 aromatic rings. The molecule has 162 valence electrons. The second-order valence-electron chi connectivity index (χ2n) is 7.68. The number of benzene rings is 2. The Morgan fingerprint density at radius 2 is 1.67 bits per heavy atom. The van der Waals surface area contributed by atoms with E-state index in [4.69, 9.17) is 16.3 Å². The predicted molar refractivity (Wildman–Crippen MR) is 121 cm³/mol. The fraction of sp³-hybridized carbons (Fsp3) is 0.417. The standard InChI is InChI=1S/C24H31ClN2O3/c1-17(2)30-22-14-8-19(9-15-22)7-6-18(3)27-23(28)5-4-16-26-24(29)20-10-12-21(25)13-11-20/h8-15,17-18H,4-7,16H2,1-3H3,(H,26,29)(H,27,28). The van der Waals surface area contributed by atoms with Crippen LogP contribution in [0.2, 0.25) is 5.02 Å². The number of carbonyl (C=O) groups excluding carboxylic acids is 2. The zero-order valence-electron chi connectivity index (χ0n) is 17.9. The minimum Gasteiger partial charge on any atom is -0.491 e. The van der Waals surface area contributed by atoms with Crippen LogP contribution < -0.4 is 15.4 Å². The topological polar surface area (TPSA) is 67.4 Å². The summed E-state index contributed by atoms with van der Waals surface area (Å²) in [7, 11) is 0. The SMILES string of the molecule is CC(CCc1ccc(OC(C)C)cc1)NC(=O)CCCNC(=O)c1ccc(Cl)cc1. The summed E-state index contributed by atoms with van der Waals surface area (Å²) in [5.41, 5.74) is 1.78. The summed E-state index contributed by atoms with van der Waals surface area (Å²) in [4.78, 5) is 24.1. The highest BCUT2D eigenvalue weighted by atomic mass is 35.5. The number of aryl methyl sites for hydroxylation is 1. The average Bonchev–Trinajstić information content (AvgIpc) is 2.70. The van der Waals surface area contributed by atoms with Gasteiger partial charge in [0.05, 0.1) is 6.10 Å². The highest BCUT2D eigenvalue weighted by Gasteiger charge is 2.09. The molecule has 0 radical (unpaired) electrons. The lowest BCUT2D eigenvalue weighted by Gasteiger charge is -2.14. The first kappa shape index (κ1) is 23.7. The van der Waals surface area contributed by atoms with E-state index in [1.807, 2.05) is 32.9 Å². The predicted octanol–water partition coefficient (Wildman–Crippen LogP) is 4.77. The zero-order valence-corrected chi connectivity index (χ0v) is 18.7. The molecule has 0 bridgehead atoms. The molecule has 0 heterocycles. The third-order valence-corrected chi connectivity index (χ3v) is 4.79. The van der Waals surface area contributed by atoms with Crippen LogP contribution in [0.15, 0.2) is 48.5 Å². The quantitative estimate of drug-likeness (QED) is 0.504. The van der Waals surface area contributed by atoms with Gasteiger partial charge in [-0.1, -0.05) is 23.7 Å². The van der Waals surface area contributed by atoms with E-state index in [1.54, 1.807) is 24.3 Å². The third-order valence-electron chi connectivity index (χ3n) is 4.54. The highest BCUT2D eigenvalue weighted by Crippen LogP contribution is 2.15. The first-order valence-corrected chi connectivity index (χ1v) is 10.8. The molecule has 0 aliphatic heterocycles. The molecular formula is C24H31ClN2O3. The third kappa shape index (κ3) is 8.87. The minimum absolute atomic E-state index is 0.00363. The minimum atomic E-state index is -0.162. The smallest absolute Gasteiger partial charge is 0.251 e. The van der Waals surface area contributed by atoms with Crippen molar-refractivity contribution in [1.29, 1.82) is 0 Å². The maximum Gasteiger partial charge on any atom is 0.251 e. The van der Waals surface area contributed by atoms with Gasteiger partial charge in [0.2, 0.25) is 5.91 Å². The van der Waals surface area contributed by atoms with Gasteiger partial charge in [-0.25, -0.2) is 0 Å². The van der Waals surface area contributed by atoms with Crippen LogP contribution in [0.3, 0.4) is 0 Å². The molecule has 6 heteroatoms. The van der Waals surface area contributed by atoms with Crippen LogP contribution in [0.25, 0.3) is 0 Å². The molecule has 2 amide bonds. The molecule has 1 atom stereocenters. The van der Waals surface area contributed by atoms with Crippen LogP contribution in [-0.2, 0) is 11.2 Å². The molecule has 0 spiro atoms. The van der Waals surface area contributed by atoms with Crippen molar-refractivity contribution in [3.8, 4) is 5.75 Å². The van der Waals surface area contributed by atoms with Crippen molar-refractivity contribution in [2.45, 2.75) is 58.6 Å². The summed E-state index contributed by atoms with van der Waals surface area (Å²) < 4.78 is 5.65. The first-order chi connectivity index (χ1) is 14.3. The lowest BCUT2D eigenvalue weighted by atomic mass is 10.1. The molecule has 0 aliphatic carbocycles. The van der Waals surface area contributed by atoms with Crippen LogP contribution in [0.1, 0.15) is 56.0 Å². The van der Waals surface area contributed by atoms with Gasteiger partial charge in [0.1, 0.15) is 5.75 Å². The number of halogens is 1. The Labute approximate surface area is 184 Å². The molecule has 0 saturated carbocycles. The van der Waals surface area contributed by atoms with Crippen molar-refractivity contribution in [1.82, 2.24) is 10.6 Å². The summed E-state index contributed by atoms with van der Waals surface area (Å²) in [6.45, 7) is 6.47. The van der Waals surface area contributed by atoms with Gasteiger partial charge in [-0.15, -0.1) is 0 Å². The first-order valence-electron chi connectivity index (χ1n) is 10.4. The van der Waals surface area contributed by atoms with Gasteiger partial charge in [0.15, 0.2) is 0 Å². The number of rotatable bonds is 11. The van der Waals surface area contributed by atoms with Crippen LogP contribution in [0.5, 0.6) is 5.75 Å². The highest BCUT2D eigenvalue weighted by molar-refractivity contribution is 6.30. The summed E-state index contributed by atoms with van der Waals surface area (Å²) in [6.07, 6.45) is 2.89. The number of ether oxygens (including phenoxy) is 1. The fourth-order valence-corrected chi connectivity index (χ4v) is 3.09. The summed E-state index contributed by atoms with van der Waals surface area (Å²) in [5, 5.41) is 6.43. The Kier molecular flexibility index (Phi) is 9.68. The Hall–Kier alpha value is -2.53. The molecule has 1 unspecified atom stereocenters. The van der Waals surface area contributed by atoms with E-state index in [0.29, 0.717) is 30.0 Å².